The number of hydrogen-bond acceptors (Lipinski definition) is 2. The highest BCUT2D eigenvalue weighted by molar-refractivity contribution is 6.36. The minimum absolute atomic E-state index is 0.257. The van der Waals surface area contributed by atoms with E-state index < -0.39 is 16.9 Å². The van der Waals surface area contributed by atoms with E-state index in [2.05, 4.69) is 11.6 Å². The van der Waals surface area contributed by atoms with Crippen LogP contribution in [0.3, 0.4) is 0 Å². The van der Waals surface area contributed by atoms with Crippen LogP contribution in [0.25, 0.3) is 0 Å². The number of alkyl halides is 3. The van der Waals surface area contributed by atoms with Crippen molar-refractivity contribution in [3.05, 3.63) is 6.42 Å². The maximum Gasteiger partial charge on any atom is 0.381 e. The molecule has 0 amide bonds. The van der Waals surface area contributed by atoms with Crippen LogP contribution in [0.15, 0.2) is 0 Å². The summed E-state index contributed by atoms with van der Waals surface area (Å²) >= 11 is 4.26. The Morgan fingerprint density at radius 2 is 1.90 bits per heavy atom. The third-order valence-corrected chi connectivity index (χ3v) is 0.800. The van der Waals surface area contributed by atoms with E-state index >= 15 is 0 Å². The molecule has 0 aliphatic heterocycles. The van der Waals surface area contributed by atoms with Gasteiger partial charge in [-0.3, -0.25) is 9.59 Å². The number of halogens is 3. The van der Waals surface area contributed by atoms with Gasteiger partial charge in [-0.1, -0.05) is 0 Å². The average molecular weight is 170 g/mol. The van der Waals surface area contributed by atoms with Gasteiger partial charge >= 0.3 is 5.38 Å². The maximum atomic E-state index is 11.7. The van der Waals surface area contributed by atoms with E-state index in [9.17, 15) is 18.4 Å². The molecule has 0 aromatic heterocycles. The van der Waals surface area contributed by atoms with Crippen molar-refractivity contribution < 1.29 is 18.4 Å². The molecule has 0 heterocycles. The molecule has 0 bridgehead atoms. The zero-order valence-corrected chi connectivity index (χ0v) is 5.78. The summed E-state index contributed by atoms with van der Waals surface area (Å²) in [6.45, 7) is 0.987. The molecule has 0 fully saturated rings. The van der Waals surface area contributed by atoms with Gasteiger partial charge in [-0.05, 0) is 18.5 Å². The van der Waals surface area contributed by atoms with Gasteiger partial charge in [0.15, 0.2) is 0 Å². The predicted octanol–water partition coefficient (Wildman–Crippen LogP) is 1.18. The van der Waals surface area contributed by atoms with Crippen LogP contribution in [0.2, 0.25) is 0 Å². The Bertz CT molecular complexity index is 162. The minimum atomic E-state index is -3.95. The van der Waals surface area contributed by atoms with Crippen molar-refractivity contribution in [2.45, 2.75) is 12.3 Å². The second-order valence-corrected chi connectivity index (χ2v) is 2.09. The summed E-state index contributed by atoms with van der Waals surface area (Å²) in [4.78, 5) is 20.1. The molecule has 0 saturated carbocycles. The molecule has 5 heteroatoms. The fourth-order valence-corrected chi connectivity index (χ4v) is 0.321. The SMILES string of the molecule is CC(=O)[CH]C(=O)C(F)(F)Cl. The summed E-state index contributed by atoms with van der Waals surface area (Å²) in [5.41, 5.74) is 0. The highest BCUT2D eigenvalue weighted by atomic mass is 35.5. The van der Waals surface area contributed by atoms with Gasteiger partial charge in [0.2, 0.25) is 5.78 Å². The zero-order valence-electron chi connectivity index (χ0n) is 5.03. The third kappa shape index (κ3) is 3.50. The molecule has 0 spiro atoms. The molecule has 0 rings (SSSR count). The average Bonchev–Trinajstić information content (AvgIpc) is 1.60. The summed E-state index contributed by atoms with van der Waals surface area (Å²) < 4.78 is 23.4. The number of Topliss-reactive ketones (excluding diaryl/α,β-unsaturated/α-hetero) is 2. The highest BCUT2D eigenvalue weighted by Crippen LogP contribution is 2.20. The number of carbonyl (C=O) groups is 2. The number of ketones is 2. The van der Waals surface area contributed by atoms with Crippen molar-refractivity contribution >= 4 is 23.2 Å². The Hall–Kier alpha value is -0.510. The normalized spacial score (nSPS) is 11.2. The Kier molecular flexibility index (Phi) is 2.90. The van der Waals surface area contributed by atoms with Crippen LogP contribution in [0, 0.1) is 6.42 Å². The molecule has 0 aliphatic rings. The van der Waals surface area contributed by atoms with Crippen molar-refractivity contribution in [2.24, 2.45) is 0 Å². The first-order valence-electron chi connectivity index (χ1n) is 2.30. The van der Waals surface area contributed by atoms with E-state index in [-0.39, 0.29) is 6.42 Å². The van der Waals surface area contributed by atoms with Crippen molar-refractivity contribution in [2.75, 3.05) is 0 Å². The predicted molar refractivity (Wildman–Crippen MR) is 30.8 cm³/mol. The van der Waals surface area contributed by atoms with Gasteiger partial charge < -0.3 is 0 Å². The maximum absolute atomic E-state index is 11.7. The molecule has 0 aliphatic carbocycles. The summed E-state index contributed by atoms with van der Waals surface area (Å²) in [5, 5.41) is -3.95. The Balaban J connectivity index is 3.99. The van der Waals surface area contributed by atoms with E-state index in [1.807, 2.05) is 0 Å². The van der Waals surface area contributed by atoms with Gasteiger partial charge in [0.25, 0.3) is 0 Å². The van der Waals surface area contributed by atoms with Crippen LogP contribution in [-0.2, 0) is 9.59 Å². The molecule has 0 unspecified atom stereocenters. The highest BCUT2D eigenvalue weighted by Gasteiger charge is 2.35. The van der Waals surface area contributed by atoms with E-state index in [1.165, 1.54) is 0 Å². The quantitative estimate of drug-likeness (QED) is 0.470. The fourth-order valence-electron chi connectivity index (χ4n) is 0.266. The molecule has 0 atom stereocenters. The van der Waals surface area contributed by atoms with Gasteiger partial charge in [0.05, 0.1) is 0 Å². The third-order valence-electron chi connectivity index (χ3n) is 0.614. The molecular weight excluding hydrogens is 166 g/mol. The molecule has 0 aromatic carbocycles. The first-order valence-corrected chi connectivity index (χ1v) is 2.68. The Morgan fingerprint density at radius 3 is 2.00 bits per heavy atom. The van der Waals surface area contributed by atoms with Crippen molar-refractivity contribution in [3.8, 4) is 0 Å². The van der Waals surface area contributed by atoms with Crippen LogP contribution in [0.1, 0.15) is 6.92 Å². The van der Waals surface area contributed by atoms with E-state index in [0.29, 0.717) is 0 Å². The first kappa shape index (κ1) is 9.49. The monoisotopic (exact) mass is 169 g/mol. The van der Waals surface area contributed by atoms with E-state index in [0.717, 1.165) is 6.92 Å². The van der Waals surface area contributed by atoms with Crippen molar-refractivity contribution in [3.63, 3.8) is 0 Å². The fraction of sp³-hybridized carbons (Fsp3) is 0.400. The van der Waals surface area contributed by atoms with Crippen LogP contribution in [-0.4, -0.2) is 16.9 Å². The van der Waals surface area contributed by atoms with Crippen LogP contribution < -0.4 is 0 Å². The van der Waals surface area contributed by atoms with Crippen molar-refractivity contribution in [1.82, 2.24) is 0 Å². The van der Waals surface area contributed by atoms with Gasteiger partial charge in [-0.2, -0.15) is 8.78 Å². The second kappa shape index (κ2) is 3.05. The molecule has 1 radical (unpaired) electrons. The summed E-state index contributed by atoms with van der Waals surface area (Å²) in [6, 6.07) is 0. The topological polar surface area (TPSA) is 34.1 Å². The van der Waals surface area contributed by atoms with E-state index in [1.54, 1.807) is 0 Å². The van der Waals surface area contributed by atoms with E-state index in [4.69, 9.17) is 0 Å². The summed E-state index contributed by atoms with van der Waals surface area (Å²) in [6.07, 6.45) is 0.257. The molecule has 10 heavy (non-hydrogen) atoms. The smallest absolute Gasteiger partial charge is 0.299 e. The zero-order chi connectivity index (χ0) is 8.36. The Morgan fingerprint density at radius 1 is 1.50 bits per heavy atom. The standard InChI is InChI=1S/C5H4ClF2O2/c1-3(9)2-4(10)5(6,7)8/h2H,1H3. The summed E-state index contributed by atoms with van der Waals surface area (Å²) in [7, 11) is 0. The lowest BCUT2D eigenvalue weighted by atomic mass is 10.2. The lowest BCUT2D eigenvalue weighted by molar-refractivity contribution is -0.131. The second-order valence-electron chi connectivity index (χ2n) is 1.62. The molecule has 2 nitrogen and oxygen atoms in total. The molecular formula is C5H4ClF2O2. The minimum Gasteiger partial charge on any atom is -0.299 e. The Labute approximate surface area is 61.2 Å². The molecule has 0 aromatic rings. The van der Waals surface area contributed by atoms with Gasteiger partial charge in [-0.15, -0.1) is 0 Å². The van der Waals surface area contributed by atoms with Crippen LogP contribution >= 0.6 is 11.6 Å². The van der Waals surface area contributed by atoms with Crippen LogP contribution in [0.4, 0.5) is 8.78 Å². The van der Waals surface area contributed by atoms with Gasteiger partial charge in [0.1, 0.15) is 12.2 Å². The van der Waals surface area contributed by atoms with Crippen LogP contribution in [0.5, 0.6) is 0 Å². The largest absolute Gasteiger partial charge is 0.381 e. The molecule has 0 saturated heterocycles. The molecule has 57 valence electrons. The first-order chi connectivity index (χ1) is 4.34. The summed E-state index contributed by atoms with van der Waals surface area (Å²) in [5.74, 6) is -2.42. The number of hydrogen-bond donors (Lipinski definition) is 0. The lowest BCUT2D eigenvalue weighted by Crippen LogP contribution is -2.23. The van der Waals surface area contributed by atoms with Gasteiger partial charge in [0, 0.05) is 0 Å². The number of rotatable bonds is 3. The van der Waals surface area contributed by atoms with Crippen molar-refractivity contribution in [1.29, 1.82) is 0 Å². The lowest BCUT2D eigenvalue weighted by Gasteiger charge is -2.02. The van der Waals surface area contributed by atoms with Gasteiger partial charge in [-0.25, -0.2) is 0 Å². The number of carbonyl (C=O) groups excluding carboxylic acids is 2. The molecule has 0 N–H and O–H groups in total.